The lowest BCUT2D eigenvalue weighted by Crippen LogP contribution is -2.54. The van der Waals surface area contributed by atoms with Crippen molar-refractivity contribution in [1.82, 2.24) is 10.2 Å². The maximum absolute atomic E-state index is 12.8. The summed E-state index contributed by atoms with van der Waals surface area (Å²) < 4.78 is 0. The average molecular weight is 326 g/mol. The van der Waals surface area contributed by atoms with Crippen LogP contribution >= 0.6 is 0 Å². The van der Waals surface area contributed by atoms with Gasteiger partial charge in [-0.2, -0.15) is 0 Å². The summed E-state index contributed by atoms with van der Waals surface area (Å²) in [6, 6.07) is -1.38. The molecule has 0 spiro atoms. The molecule has 7 heteroatoms. The molecule has 2 rings (SSSR count). The van der Waals surface area contributed by atoms with Crippen LogP contribution in [-0.4, -0.2) is 57.6 Å². The number of nitrogens with zero attached hydrogens (tertiary/aromatic N) is 1. The second kappa shape index (κ2) is 7.77. The summed E-state index contributed by atoms with van der Waals surface area (Å²) >= 11 is 0. The van der Waals surface area contributed by atoms with Crippen LogP contribution in [0.15, 0.2) is 0 Å². The number of carbonyl (C=O) groups is 3. The molecule has 0 aromatic rings. The van der Waals surface area contributed by atoms with Crippen molar-refractivity contribution in [1.29, 1.82) is 0 Å². The molecule has 7 nitrogen and oxygen atoms in total. The molecule has 0 aromatic heterocycles. The van der Waals surface area contributed by atoms with Gasteiger partial charge in [0, 0.05) is 6.04 Å². The van der Waals surface area contributed by atoms with E-state index in [4.69, 9.17) is 5.11 Å². The normalized spacial score (nSPS) is 29.0. The first kappa shape index (κ1) is 17.7. The minimum atomic E-state index is -1.02. The SMILES string of the molecule is CCC[C@H](N[C@H]1CCC2CCC[C@@H]2N(CC(=O)O)C1=O)C(=O)O. The van der Waals surface area contributed by atoms with Crippen LogP contribution in [0.5, 0.6) is 0 Å². The Morgan fingerprint density at radius 1 is 1.26 bits per heavy atom. The van der Waals surface area contributed by atoms with Gasteiger partial charge in [-0.15, -0.1) is 0 Å². The van der Waals surface area contributed by atoms with Crippen molar-refractivity contribution in [2.75, 3.05) is 6.54 Å². The lowest BCUT2D eigenvalue weighted by Gasteiger charge is -2.31. The number of rotatable bonds is 7. The van der Waals surface area contributed by atoms with Gasteiger partial charge in [0.2, 0.25) is 5.91 Å². The molecule has 1 aliphatic carbocycles. The van der Waals surface area contributed by atoms with Crippen molar-refractivity contribution in [2.45, 2.75) is 70.0 Å². The highest BCUT2D eigenvalue weighted by Gasteiger charge is 2.42. The Balaban J connectivity index is 2.15. The minimum absolute atomic E-state index is 0.0140. The van der Waals surface area contributed by atoms with Gasteiger partial charge >= 0.3 is 11.9 Å². The zero-order chi connectivity index (χ0) is 17.0. The van der Waals surface area contributed by atoms with E-state index in [9.17, 15) is 19.5 Å². The molecular formula is C16H26N2O5. The van der Waals surface area contributed by atoms with Gasteiger partial charge in [-0.05, 0) is 38.0 Å². The minimum Gasteiger partial charge on any atom is -0.480 e. The fourth-order valence-corrected chi connectivity index (χ4v) is 3.94. The number of hydrogen-bond acceptors (Lipinski definition) is 4. The van der Waals surface area contributed by atoms with Crippen LogP contribution in [0.4, 0.5) is 0 Å². The molecule has 3 N–H and O–H groups in total. The van der Waals surface area contributed by atoms with Gasteiger partial charge in [0.05, 0.1) is 6.04 Å². The second-order valence-corrected chi connectivity index (χ2v) is 6.59. The van der Waals surface area contributed by atoms with E-state index in [1.165, 1.54) is 4.90 Å². The Morgan fingerprint density at radius 3 is 2.61 bits per heavy atom. The lowest BCUT2D eigenvalue weighted by atomic mass is 9.97. The van der Waals surface area contributed by atoms with Crippen LogP contribution in [0.2, 0.25) is 0 Å². The molecule has 0 aromatic carbocycles. The molecule has 0 bridgehead atoms. The van der Waals surface area contributed by atoms with Crippen LogP contribution < -0.4 is 5.32 Å². The van der Waals surface area contributed by atoms with Gasteiger partial charge in [-0.25, -0.2) is 0 Å². The number of aliphatic carboxylic acids is 2. The van der Waals surface area contributed by atoms with E-state index in [1.54, 1.807) is 0 Å². The Morgan fingerprint density at radius 2 is 2.00 bits per heavy atom. The van der Waals surface area contributed by atoms with E-state index in [-0.39, 0.29) is 18.5 Å². The molecule has 0 radical (unpaired) electrons. The molecule has 1 aliphatic heterocycles. The second-order valence-electron chi connectivity index (χ2n) is 6.59. The predicted octanol–water partition coefficient (Wildman–Crippen LogP) is 1.07. The summed E-state index contributed by atoms with van der Waals surface area (Å²) in [7, 11) is 0. The van der Waals surface area contributed by atoms with E-state index in [1.807, 2.05) is 6.92 Å². The van der Waals surface area contributed by atoms with E-state index in [2.05, 4.69) is 5.32 Å². The highest BCUT2D eigenvalue weighted by atomic mass is 16.4. The summed E-state index contributed by atoms with van der Waals surface area (Å²) in [4.78, 5) is 36.7. The van der Waals surface area contributed by atoms with E-state index >= 15 is 0 Å². The fraction of sp³-hybridized carbons (Fsp3) is 0.812. The van der Waals surface area contributed by atoms with Gasteiger partial charge in [0.25, 0.3) is 0 Å². The van der Waals surface area contributed by atoms with Gasteiger partial charge in [0.1, 0.15) is 12.6 Å². The molecule has 2 fully saturated rings. The van der Waals surface area contributed by atoms with Crippen molar-refractivity contribution < 1.29 is 24.6 Å². The molecular weight excluding hydrogens is 300 g/mol. The van der Waals surface area contributed by atoms with Crippen LogP contribution in [0.3, 0.4) is 0 Å². The first-order valence-electron chi connectivity index (χ1n) is 8.45. The summed E-state index contributed by atoms with van der Waals surface area (Å²) in [5, 5.41) is 21.4. The van der Waals surface area contributed by atoms with Gasteiger partial charge in [-0.3, -0.25) is 19.7 Å². The molecule has 1 amide bonds. The summed E-state index contributed by atoms with van der Waals surface area (Å²) in [5.74, 6) is -1.91. The van der Waals surface area contributed by atoms with Crippen LogP contribution in [0.1, 0.15) is 51.9 Å². The Labute approximate surface area is 136 Å². The summed E-state index contributed by atoms with van der Waals surface area (Å²) in [5.41, 5.74) is 0. The van der Waals surface area contributed by atoms with E-state index in [0.29, 0.717) is 25.2 Å². The topological polar surface area (TPSA) is 107 Å². The zero-order valence-corrected chi connectivity index (χ0v) is 13.5. The molecule has 130 valence electrons. The monoisotopic (exact) mass is 326 g/mol. The zero-order valence-electron chi connectivity index (χ0n) is 13.5. The molecule has 4 atom stereocenters. The van der Waals surface area contributed by atoms with Crippen molar-refractivity contribution in [2.24, 2.45) is 5.92 Å². The number of nitrogens with one attached hydrogen (secondary N) is 1. The molecule has 1 saturated heterocycles. The molecule has 1 saturated carbocycles. The maximum atomic E-state index is 12.8. The van der Waals surface area contributed by atoms with Gasteiger partial charge in [0.15, 0.2) is 0 Å². The number of carboxylic acids is 2. The standard InChI is InChI=1S/C16H26N2O5/c1-2-4-12(16(22)23)17-11-8-7-10-5-3-6-13(10)18(15(11)21)9-14(19)20/h10-13,17H,2-9H2,1H3,(H,19,20)(H,22,23)/t10?,11-,12-,13-/m0/s1. The smallest absolute Gasteiger partial charge is 0.323 e. The summed E-state index contributed by atoms with van der Waals surface area (Å²) in [6.07, 6.45) is 5.43. The quantitative estimate of drug-likeness (QED) is 0.646. The number of amides is 1. The van der Waals surface area contributed by atoms with E-state index < -0.39 is 24.0 Å². The average Bonchev–Trinajstić information content (AvgIpc) is 2.91. The molecule has 1 unspecified atom stereocenters. The number of hydrogen-bond donors (Lipinski definition) is 3. The number of carboxylic acid groups (broad SMARTS) is 2. The Kier molecular flexibility index (Phi) is 5.98. The largest absolute Gasteiger partial charge is 0.480 e. The maximum Gasteiger partial charge on any atom is 0.323 e. The van der Waals surface area contributed by atoms with Gasteiger partial charge in [-0.1, -0.05) is 19.8 Å². The van der Waals surface area contributed by atoms with Gasteiger partial charge < -0.3 is 15.1 Å². The number of fused-ring (bicyclic) bond motifs is 1. The number of carbonyl (C=O) groups excluding carboxylic acids is 1. The van der Waals surface area contributed by atoms with Crippen LogP contribution in [-0.2, 0) is 14.4 Å². The van der Waals surface area contributed by atoms with E-state index in [0.717, 1.165) is 25.7 Å². The van der Waals surface area contributed by atoms with Crippen molar-refractivity contribution in [3.05, 3.63) is 0 Å². The third kappa shape index (κ3) is 4.22. The fourth-order valence-electron chi connectivity index (χ4n) is 3.94. The predicted molar refractivity (Wildman–Crippen MR) is 83.0 cm³/mol. The van der Waals surface area contributed by atoms with Crippen molar-refractivity contribution >= 4 is 17.8 Å². The first-order valence-corrected chi connectivity index (χ1v) is 8.45. The highest BCUT2D eigenvalue weighted by molar-refractivity contribution is 5.86. The lowest BCUT2D eigenvalue weighted by molar-refractivity contribution is -0.148. The molecule has 1 heterocycles. The van der Waals surface area contributed by atoms with Crippen molar-refractivity contribution in [3.8, 4) is 0 Å². The van der Waals surface area contributed by atoms with Crippen molar-refractivity contribution in [3.63, 3.8) is 0 Å². The molecule has 23 heavy (non-hydrogen) atoms. The molecule has 2 aliphatic rings. The highest BCUT2D eigenvalue weighted by Crippen LogP contribution is 2.36. The van der Waals surface area contributed by atoms with Crippen LogP contribution in [0.25, 0.3) is 0 Å². The number of likely N-dealkylation sites (tertiary alicyclic amines) is 1. The Hall–Kier alpha value is -1.63. The Bertz CT molecular complexity index is 467. The third-order valence-electron chi connectivity index (χ3n) is 5.01. The summed E-state index contributed by atoms with van der Waals surface area (Å²) in [6.45, 7) is 1.59. The third-order valence-corrected chi connectivity index (χ3v) is 5.01. The van der Waals surface area contributed by atoms with Crippen LogP contribution in [0, 0.1) is 5.92 Å². The first-order chi connectivity index (χ1) is 10.9.